The number of thioether (sulfide) groups is 1. The third kappa shape index (κ3) is 4.72. The molecule has 144 valence electrons. The number of rotatable bonds is 6. The van der Waals surface area contributed by atoms with Gasteiger partial charge in [0.2, 0.25) is 0 Å². The second-order valence-corrected chi connectivity index (χ2v) is 8.49. The highest BCUT2D eigenvalue weighted by molar-refractivity contribution is 7.99. The number of nitrogens with one attached hydrogen (secondary N) is 1. The van der Waals surface area contributed by atoms with Crippen LogP contribution in [0.15, 0.2) is 29.3 Å². The number of morpholine rings is 1. The quantitative estimate of drug-likeness (QED) is 0.590. The van der Waals surface area contributed by atoms with Gasteiger partial charge in [-0.25, -0.2) is 0 Å². The van der Waals surface area contributed by atoms with E-state index in [-0.39, 0.29) is 5.54 Å². The van der Waals surface area contributed by atoms with E-state index >= 15 is 0 Å². The third-order valence-corrected chi connectivity index (χ3v) is 6.91. The van der Waals surface area contributed by atoms with E-state index in [2.05, 4.69) is 48.3 Å². The smallest absolute Gasteiger partial charge is 0.193 e. The molecule has 5 nitrogen and oxygen atoms in total. The molecular weight excluding hydrogens is 344 g/mol. The summed E-state index contributed by atoms with van der Waals surface area (Å²) >= 11 is 2.02. The number of anilines is 1. The van der Waals surface area contributed by atoms with Crippen molar-refractivity contribution in [3.63, 3.8) is 0 Å². The lowest BCUT2D eigenvalue weighted by molar-refractivity contribution is -0.0104. The molecule has 2 aliphatic rings. The number of guanidine groups is 1. The maximum atomic E-state index is 6.19. The minimum absolute atomic E-state index is 0.140. The SMILES string of the molecule is CCC(C)c1ccc(NC(N)=NCC2(N3CCOCC3)CCSC2)cc1. The van der Waals surface area contributed by atoms with Crippen molar-refractivity contribution in [3.05, 3.63) is 29.8 Å². The first-order valence-electron chi connectivity index (χ1n) is 9.70. The molecule has 0 radical (unpaired) electrons. The molecule has 0 amide bonds. The molecular formula is C20H32N4OS. The Kier molecular flexibility index (Phi) is 6.84. The molecule has 1 aromatic rings. The Balaban J connectivity index is 1.61. The Hall–Kier alpha value is -1.24. The lowest BCUT2D eigenvalue weighted by Gasteiger charge is -2.42. The van der Waals surface area contributed by atoms with Crippen LogP contribution in [-0.4, -0.2) is 60.8 Å². The molecule has 3 rings (SSSR count). The molecule has 0 saturated carbocycles. The lowest BCUT2D eigenvalue weighted by Crippen LogP contribution is -2.56. The Labute approximate surface area is 161 Å². The van der Waals surface area contributed by atoms with Gasteiger partial charge in [-0.1, -0.05) is 26.0 Å². The molecule has 3 N–H and O–H groups in total. The number of nitrogens with zero attached hydrogens (tertiary/aromatic N) is 2. The van der Waals surface area contributed by atoms with Crippen LogP contribution >= 0.6 is 11.8 Å². The zero-order chi connectivity index (χ0) is 18.4. The van der Waals surface area contributed by atoms with Crippen molar-refractivity contribution in [2.45, 2.75) is 38.1 Å². The minimum atomic E-state index is 0.140. The summed E-state index contributed by atoms with van der Waals surface area (Å²) in [7, 11) is 0. The summed E-state index contributed by atoms with van der Waals surface area (Å²) in [5.41, 5.74) is 8.69. The van der Waals surface area contributed by atoms with Crippen LogP contribution in [0.3, 0.4) is 0 Å². The highest BCUT2D eigenvalue weighted by Crippen LogP contribution is 2.34. The molecule has 1 aromatic carbocycles. The van der Waals surface area contributed by atoms with Gasteiger partial charge in [-0.2, -0.15) is 11.8 Å². The molecule has 2 aliphatic heterocycles. The number of ether oxygens (including phenoxy) is 1. The first-order valence-corrected chi connectivity index (χ1v) is 10.9. The summed E-state index contributed by atoms with van der Waals surface area (Å²) in [4.78, 5) is 7.27. The van der Waals surface area contributed by atoms with Crippen LogP contribution in [0, 0.1) is 0 Å². The fraction of sp³-hybridized carbons (Fsp3) is 0.650. The maximum absolute atomic E-state index is 6.19. The van der Waals surface area contributed by atoms with Gasteiger partial charge in [0, 0.05) is 24.5 Å². The molecule has 2 saturated heterocycles. The number of hydrogen-bond donors (Lipinski definition) is 2. The molecule has 6 heteroatoms. The molecule has 2 atom stereocenters. The molecule has 2 heterocycles. The van der Waals surface area contributed by atoms with Gasteiger partial charge in [-0.15, -0.1) is 0 Å². The van der Waals surface area contributed by atoms with Crippen LogP contribution in [0.1, 0.15) is 38.2 Å². The van der Waals surface area contributed by atoms with Crippen LogP contribution in [0.5, 0.6) is 0 Å². The van der Waals surface area contributed by atoms with Crippen LogP contribution < -0.4 is 11.1 Å². The van der Waals surface area contributed by atoms with Gasteiger partial charge in [-0.05, 0) is 42.2 Å². The van der Waals surface area contributed by atoms with E-state index in [9.17, 15) is 0 Å². The van der Waals surface area contributed by atoms with E-state index in [4.69, 9.17) is 15.5 Å². The molecule has 0 aliphatic carbocycles. The van der Waals surface area contributed by atoms with Crippen LogP contribution in [0.25, 0.3) is 0 Å². The zero-order valence-electron chi connectivity index (χ0n) is 16.0. The second-order valence-electron chi connectivity index (χ2n) is 7.38. The Morgan fingerprint density at radius 3 is 2.69 bits per heavy atom. The van der Waals surface area contributed by atoms with E-state index < -0.39 is 0 Å². The molecule has 2 unspecified atom stereocenters. The van der Waals surface area contributed by atoms with E-state index in [0.29, 0.717) is 11.9 Å². The largest absolute Gasteiger partial charge is 0.379 e. The summed E-state index contributed by atoms with van der Waals surface area (Å²) in [5.74, 6) is 3.43. The molecule has 2 fully saturated rings. The molecule has 0 bridgehead atoms. The van der Waals surface area contributed by atoms with E-state index in [1.165, 1.54) is 17.7 Å². The Morgan fingerprint density at radius 2 is 2.08 bits per heavy atom. The van der Waals surface area contributed by atoms with Gasteiger partial charge < -0.3 is 15.8 Å². The fourth-order valence-electron chi connectivity index (χ4n) is 3.66. The number of hydrogen-bond acceptors (Lipinski definition) is 4. The van der Waals surface area contributed by atoms with Gasteiger partial charge in [0.1, 0.15) is 0 Å². The van der Waals surface area contributed by atoms with Crippen LogP contribution in [0.4, 0.5) is 5.69 Å². The highest BCUT2D eigenvalue weighted by Gasteiger charge is 2.40. The number of aliphatic imine (C=N–C) groups is 1. The van der Waals surface area contributed by atoms with Crippen molar-refractivity contribution in [3.8, 4) is 0 Å². The number of nitrogens with two attached hydrogens (primary N) is 1. The average molecular weight is 377 g/mol. The van der Waals surface area contributed by atoms with Crippen LogP contribution in [0.2, 0.25) is 0 Å². The van der Waals surface area contributed by atoms with Crippen molar-refractivity contribution in [2.75, 3.05) is 49.7 Å². The topological polar surface area (TPSA) is 62.9 Å². The van der Waals surface area contributed by atoms with Gasteiger partial charge in [0.15, 0.2) is 5.96 Å². The summed E-state index contributed by atoms with van der Waals surface area (Å²) < 4.78 is 5.52. The number of benzene rings is 1. The predicted molar refractivity (Wildman–Crippen MR) is 112 cm³/mol. The average Bonchev–Trinajstić information content (AvgIpc) is 3.17. The van der Waals surface area contributed by atoms with E-state index in [0.717, 1.165) is 50.7 Å². The van der Waals surface area contributed by atoms with Crippen molar-refractivity contribution in [1.82, 2.24) is 4.90 Å². The van der Waals surface area contributed by atoms with Crippen molar-refractivity contribution in [2.24, 2.45) is 10.7 Å². The fourth-order valence-corrected chi connectivity index (χ4v) is 5.13. The normalized spacial score (nSPS) is 26.0. The first-order chi connectivity index (χ1) is 12.6. The van der Waals surface area contributed by atoms with Crippen molar-refractivity contribution < 1.29 is 4.74 Å². The van der Waals surface area contributed by atoms with Crippen molar-refractivity contribution in [1.29, 1.82) is 0 Å². The van der Waals surface area contributed by atoms with Gasteiger partial charge in [-0.3, -0.25) is 9.89 Å². The minimum Gasteiger partial charge on any atom is -0.379 e. The summed E-state index contributed by atoms with van der Waals surface area (Å²) in [6.07, 6.45) is 2.33. The zero-order valence-corrected chi connectivity index (χ0v) is 16.9. The van der Waals surface area contributed by atoms with E-state index in [1.807, 2.05) is 11.8 Å². The summed E-state index contributed by atoms with van der Waals surface area (Å²) in [5, 5.41) is 3.25. The molecule has 0 aromatic heterocycles. The molecule has 26 heavy (non-hydrogen) atoms. The third-order valence-electron chi connectivity index (χ3n) is 5.67. The van der Waals surface area contributed by atoms with Crippen molar-refractivity contribution >= 4 is 23.4 Å². The monoisotopic (exact) mass is 376 g/mol. The molecule has 0 spiro atoms. The standard InChI is InChI=1S/C20H32N4OS/c1-3-16(2)17-4-6-18(7-5-17)23-19(21)22-14-20(8-13-26-15-20)24-9-11-25-12-10-24/h4-7,16H,3,8-15H2,1-2H3,(H3,21,22,23). The van der Waals surface area contributed by atoms with Gasteiger partial charge >= 0.3 is 0 Å². The van der Waals surface area contributed by atoms with Crippen LogP contribution in [-0.2, 0) is 4.74 Å². The summed E-state index contributed by atoms with van der Waals surface area (Å²) in [6.45, 7) is 8.87. The summed E-state index contributed by atoms with van der Waals surface area (Å²) in [6, 6.07) is 8.53. The van der Waals surface area contributed by atoms with Gasteiger partial charge in [0.25, 0.3) is 0 Å². The predicted octanol–water partition coefficient (Wildman–Crippen LogP) is 3.13. The Morgan fingerprint density at radius 1 is 1.35 bits per heavy atom. The Bertz CT molecular complexity index is 592. The van der Waals surface area contributed by atoms with Gasteiger partial charge in [0.05, 0.1) is 25.3 Å². The lowest BCUT2D eigenvalue weighted by atomic mass is 9.96. The maximum Gasteiger partial charge on any atom is 0.193 e. The van der Waals surface area contributed by atoms with E-state index in [1.54, 1.807) is 0 Å². The first kappa shape index (κ1) is 19.5. The highest BCUT2D eigenvalue weighted by atomic mass is 32.2. The second kappa shape index (κ2) is 9.11.